The average Bonchev–Trinajstić information content (AvgIpc) is 2.63. The van der Waals surface area contributed by atoms with Crippen LogP contribution in [0.2, 0.25) is 0 Å². The molecule has 6 nitrogen and oxygen atoms in total. The molecule has 0 atom stereocenters. The fraction of sp³-hybridized carbons (Fsp3) is 0.286. The Labute approximate surface area is 158 Å². The molecule has 140 valence electrons. The standard InChI is InChI=1S/C21H23N3O3/c1-15-6-8-18(9-7-15)22-19(25)14-24-11-10-23(20(26)21(24)27)13-17-5-3-4-16(2)12-17/h3-9,12H,10-11,13-14H2,1-2H3,(H,22,25). The summed E-state index contributed by atoms with van der Waals surface area (Å²) in [5, 5.41) is 2.75. The predicted molar refractivity (Wildman–Crippen MR) is 103 cm³/mol. The topological polar surface area (TPSA) is 69.7 Å². The van der Waals surface area contributed by atoms with Crippen molar-refractivity contribution in [3.8, 4) is 0 Å². The Balaban J connectivity index is 1.56. The van der Waals surface area contributed by atoms with E-state index in [-0.39, 0.29) is 12.5 Å². The van der Waals surface area contributed by atoms with Crippen molar-refractivity contribution in [2.45, 2.75) is 20.4 Å². The van der Waals surface area contributed by atoms with Crippen molar-refractivity contribution in [2.24, 2.45) is 0 Å². The van der Waals surface area contributed by atoms with Gasteiger partial charge in [-0.1, -0.05) is 47.5 Å². The summed E-state index contributed by atoms with van der Waals surface area (Å²) >= 11 is 0. The molecule has 3 rings (SSSR count). The highest BCUT2D eigenvalue weighted by molar-refractivity contribution is 6.35. The van der Waals surface area contributed by atoms with Crippen molar-refractivity contribution < 1.29 is 14.4 Å². The molecule has 0 radical (unpaired) electrons. The molecule has 1 fully saturated rings. The number of nitrogens with zero attached hydrogens (tertiary/aromatic N) is 2. The van der Waals surface area contributed by atoms with Crippen molar-refractivity contribution in [3.05, 3.63) is 65.2 Å². The number of carbonyl (C=O) groups is 3. The summed E-state index contributed by atoms with van der Waals surface area (Å²) in [6.45, 7) is 4.98. The van der Waals surface area contributed by atoms with Crippen LogP contribution in [0.3, 0.4) is 0 Å². The van der Waals surface area contributed by atoms with Gasteiger partial charge in [0, 0.05) is 25.3 Å². The second-order valence-electron chi connectivity index (χ2n) is 6.86. The van der Waals surface area contributed by atoms with E-state index < -0.39 is 11.8 Å². The van der Waals surface area contributed by atoms with Crippen LogP contribution in [0.25, 0.3) is 0 Å². The largest absolute Gasteiger partial charge is 0.328 e. The molecule has 3 amide bonds. The average molecular weight is 365 g/mol. The zero-order chi connectivity index (χ0) is 19.4. The fourth-order valence-corrected chi connectivity index (χ4v) is 3.06. The van der Waals surface area contributed by atoms with Crippen LogP contribution in [-0.2, 0) is 20.9 Å². The van der Waals surface area contributed by atoms with Crippen molar-refractivity contribution in [1.29, 1.82) is 0 Å². The molecule has 0 saturated carbocycles. The van der Waals surface area contributed by atoms with Gasteiger partial charge in [0.25, 0.3) is 0 Å². The number of benzene rings is 2. The first-order valence-corrected chi connectivity index (χ1v) is 8.92. The van der Waals surface area contributed by atoms with Crippen LogP contribution in [0, 0.1) is 13.8 Å². The minimum atomic E-state index is -0.632. The lowest BCUT2D eigenvalue weighted by Gasteiger charge is -2.33. The lowest BCUT2D eigenvalue weighted by atomic mass is 10.1. The summed E-state index contributed by atoms with van der Waals surface area (Å²) in [7, 11) is 0. The predicted octanol–water partition coefficient (Wildman–Crippen LogP) is 2.11. The molecule has 2 aromatic rings. The van der Waals surface area contributed by atoms with E-state index in [4.69, 9.17) is 0 Å². The molecule has 0 unspecified atom stereocenters. The normalized spacial score (nSPS) is 14.4. The first-order valence-electron chi connectivity index (χ1n) is 8.92. The summed E-state index contributed by atoms with van der Waals surface area (Å²) < 4.78 is 0. The van der Waals surface area contributed by atoms with Gasteiger partial charge < -0.3 is 15.1 Å². The molecule has 0 aliphatic carbocycles. The lowest BCUT2D eigenvalue weighted by molar-refractivity contribution is -0.157. The Morgan fingerprint density at radius 3 is 2.30 bits per heavy atom. The van der Waals surface area contributed by atoms with Crippen molar-refractivity contribution >= 4 is 23.4 Å². The quantitative estimate of drug-likeness (QED) is 0.825. The van der Waals surface area contributed by atoms with Crippen LogP contribution >= 0.6 is 0 Å². The summed E-state index contributed by atoms with van der Waals surface area (Å²) in [6.07, 6.45) is 0. The zero-order valence-corrected chi connectivity index (χ0v) is 15.6. The van der Waals surface area contributed by atoms with E-state index in [2.05, 4.69) is 5.32 Å². The third-order valence-corrected chi connectivity index (χ3v) is 4.52. The summed E-state index contributed by atoms with van der Waals surface area (Å²) in [6, 6.07) is 15.3. The van der Waals surface area contributed by atoms with Crippen molar-refractivity contribution in [3.63, 3.8) is 0 Å². The van der Waals surface area contributed by atoms with E-state index >= 15 is 0 Å². The molecule has 0 aromatic heterocycles. The van der Waals surface area contributed by atoms with Gasteiger partial charge in [0.2, 0.25) is 5.91 Å². The van der Waals surface area contributed by atoms with E-state index in [1.165, 1.54) is 9.80 Å². The Morgan fingerprint density at radius 2 is 1.59 bits per heavy atom. The summed E-state index contributed by atoms with van der Waals surface area (Å²) in [5.74, 6) is -1.51. The third-order valence-electron chi connectivity index (χ3n) is 4.52. The number of anilines is 1. The van der Waals surface area contributed by atoms with E-state index in [1.807, 2.05) is 50.2 Å². The number of hydrogen-bond donors (Lipinski definition) is 1. The van der Waals surface area contributed by atoms with Crippen molar-refractivity contribution in [1.82, 2.24) is 9.80 Å². The van der Waals surface area contributed by atoms with Crippen LogP contribution in [-0.4, -0.2) is 47.2 Å². The number of carbonyl (C=O) groups excluding carboxylic acids is 3. The first-order chi connectivity index (χ1) is 12.9. The number of piperazine rings is 1. The maximum absolute atomic E-state index is 12.4. The molecule has 0 bridgehead atoms. The maximum atomic E-state index is 12.4. The number of rotatable bonds is 5. The SMILES string of the molecule is Cc1ccc(NC(=O)CN2CCN(Cc3cccc(C)c3)C(=O)C2=O)cc1. The molecule has 27 heavy (non-hydrogen) atoms. The van der Waals surface area contributed by atoms with Gasteiger partial charge in [-0.3, -0.25) is 14.4 Å². The van der Waals surface area contributed by atoms with Crippen LogP contribution in [0.4, 0.5) is 5.69 Å². The minimum Gasteiger partial charge on any atom is -0.328 e. The minimum absolute atomic E-state index is 0.128. The van der Waals surface area contributed by atoms with Gasteiger partial charge in [-0.05, 0) is 31.5 Å². The van der Waals surface area contributed by atoms with Gasteiger partial charge in [0.05, 0.1) is 0 Å². The molecular formula is C21H23N3O3. The van der Waals surface area contributed by atoms with E-state index in [0.29, 0.717) is 25.3 Å². The maximum Gasteiger partial charge on any atom is 0.312 e. The first kappa shape index (κ1) is 18.6. The molecule has 1 saturated heterocycles. The number of amides is 3. The molecule has 1 aliphatic rings. The second kappa shape index (κ2) is 8.03. The number of aryl methyl sites for hydroxylation is 2. The van der Waals surface area contributed by atoms with Gasteiger partial charge >= 0.3 is 11.8 Å². The Hall–Kier alpha value is -3.15. The number of hydrogen-bond acceptors (Lipinski definition) is 3. The highest BCUT2D eigenvalue weighted by Gasteiger charge is 2.33. The van der Waals surface area contributed by atoms with Crippen molar-refractivity contribution in [2.75, 3.05) is 25.0 Å². The van der Waals surface area contributed by atoms with Gasteiger partial charge in [-0.2, -0.15) is 0 Å². The van der Waals surface area contributed by atoms with E-state index in [9.17, 15) is 14.4 Å². The number of nitrogens with one attached hydrogen (secondary N) is 1. The Morgan fingerprint density at radius 1 is 0.926 bits per heavy atom. The molecular weight excluding hydrogens is 342 g/mol. The van der Waals surface area contributed by atoms with E-state index in [0.717, 1.165) is 16.7 Å². The molecule has 6 heteroatoms. The summed E-state index contributed by atoms with van der Waals surface area (Å²) in [5.41, 5.74) is 3.86. The van der Waals surface area contributed by atoms with Gasteiger partial charge in [0.1, 0.15) is 6.54 Å². The molecule has 2 aromatic carbocycles. The molecule has 0 spiro atoms. The van der Waals surface area contributed by atoms with Crippen LogP contribution in [0.15, 0.2) is 48.5 Å². The monoisotopic (exact) mass is 365 g/mol. The zero-order valence-electron chi connectivity index (χ0n) is 15.6. The highest BCUT2D eigenvalue weighted by Crippen LogP contribution is 2.13. The second-order valence-corrected chi connectivity index (χ2v) is 6.86. The summed E-state index contributed by atoms with van der Waals surface area (Å²) in [4.78, 5) is 39.8. The van der Waals surface area contributed by atoms with Gasteiger partial charge in [0.15, 0.2) is 0 Å². The lowest BCUT2D eigenvalue weighted by Crippen LogP contribution is -2.55. The van der Waals surface area contributed by atoms with E-state index in [1.54, 1.807) is 12.1 Å². The van der Waals surface area contributed by atoms with Crippen LogP contribution < -0.4 is 5.32 Å². The highest BCUT2D eigenvalue weighted by atomic mass is 16.2. The smallest absolute Gasteiger partial charge is 0.312 e. The van der Waals surface area contributed by atoms with Crippen LogP contribution in [0.5, 0.6) is 0 Å². The fourth-order valence-electron chi connectivity index (χ4n) is 3.06. The Bertz CT molecular complexity index is 861. The van der Waals surface area contributed by atoms with Crippen LogP contribution in [0.1, 0.15) is 16.7 Å². The third kappa shape index (κ3) is 4.73. The molecule has 1 aliphatic heterocycles. The Kier molecular flexibility index (Phi) is 5.54. The van der Waals surface area contributed by atoms with Gasteiger partial charge in [-0.25, -0.2) is 0 Å². The molecule has 1 heterocycles. The van der Waals surface area contributed by atoms with Gasteiger partial charge in [-0.15, -0.1) is 0 Å². The molecule has 1 N–H and O–H groups in total.